The number of carbonyl (C=O) groups is 3. The van der Waals surface area contributed by atoms with Crippen molar-refractivity contribution in [1.82, 2.24) is 5.32 Å². The van der Waals surface area contributed by atoms with Crippen molar-refractivity contribution in [2.45, 2.75) is 57.5 Å². The molecule has 0 spiro atoms. The van der Waals surface area contributed by atoms with E-state index in [4.69, 9.17) is 15.9 Å². The van der Waals surface area contributed by atoms with Crippen LogP contribution in [-0.4, -0.2) is 40.1 Å². The van der Waals surface area contributed by atoms with Gasteiger partial charge in [-0.2, -0.15) is 0 Å². The lowest BCUT2D eigenvalue weighted by Gasteiger charge is -2.29. The number of nitrogens with one attached hydrogen (secondary N) is 1. The second-order valence-corrected chi connectivity index (χ2v) is 5.57. The van der Waals surface area contributed by atoms with Crippen LogP contribution in [0.1, 0.15) is 45.4 Å². The highest BCUT2D eigenvalue weighted by Crippen LogP contribution is 2.36. The third kappa shape index (κ3) is 3.93. The fraction of sp³-hybridized carbons (Fsp3) is 0.769. The van der Waals surface area contributed by atoms with Crippen molar-refractivity contribution in [3.8, 4) is 0 Å². The fourth-order valence-electron chi connectivity index (χ4n) is 2.51. The van der Waals surface area contributed by atoms with Crippen molar-refractivity contribution in [1.29, 1.82) is 0 Å². The minimum Gasteiger partial charge on any atom is -0.481 e. The number of nitrogens with two attached hydrogens (primary N) is 1. The van der Waals surface area contributed by atoms with Gasteiger partial charge in [0.1, 0.15) is 6.04 Å². The van der Waals surface area contributed by atoms with Crippen molar-refractivity contribution < 1.29 is 24.6 Å². The molecule has 0 bridgehead atoms. The summed E-state index contributed by atoms with van der Waals surface area (Å²) in [5.74, 6) is -2.49. The van der Waals surface area contributed by atoms with Gasteiger partial charge in [0, 0.05) is 12.5 Å². The molecule has 1 amide bonds. The molecule has 7 nitrogen and oxygen atoms in total. The van der Waals surface area contributed by atoms with E-state index in [1.165, 1.54) is 0 Å². The Hall–Kier alpha value is -1.63. The third-order valence-electron chi connectivity index (χ3n) is 4.04. The normalized spacial score (nSPS) is 27.0. The molecule has 0 saturated heterocycles. The molecule has 1 saturated carbocycles. The van der Waals surface area contributed by atoms with E-state index < -0.39 is 23.4 Å². The van der Waals surface area contributed by atoms with Crippen LogP contribution in [0.15, 0.2) is 0 Å². The summed E-state index contributed by atoms with van der Waals surface area (Å²) in [6.45, 7) is 1.75. The van der Waals surface area contributed by atoms with Gasteiger partial charge in [0.15, 0.2) is 0 Å². The van der Waals surface area contributed by atoms with E-state index in [1.807, 2.05) is 0 Å². The van der Waals surface area contributed by atoms with E-state index in [0.717, 1.165) is 12.8 Å². The molecule has 3 atom stereocenters. The average Bonchev–Trinajstić information content (AvgIpc) is 2.69. The second-order valence-electron chi connectivity index (χ2n) is 5.57. The van der Waals surface area contributed by atoms with E-state index in [2.05, 4.69) is 5.32 Å². The van der Waals surface area contributed by atoms with Crippen molar-refractivity contribution in [3.63, 3.8) is 0 Å². The summed E-state index contributed by atoms with van der Waals surface area (Å²) in [4.78, 5) is 33.8. The maximum absolute atomic E-state index is 12.2. The molecular formula is C13H22N2O5. The zero-order valence-corrected chi connectivity index (χ0v) is 11.6. The van der Waals surface area contributed by atoms with Crippen molar-refractivity contribution >= 4 is 17.8 Å². The van der Waals surface area contributed by atoms with Crippen LogP contribution in [0.25, 0.3) is 0 Å². The molecule has 5 N–H and O–H groups in total. The quantitative estimate of drug-likeness (QED) is 0.533. The Balaban J connectivity index is 2.59. The number of carbonyl (C=O) groups excluding carboxylic acids is 1. The molecule has 1 aliphatic rings. The first-order chi connectivity index (χ1) is 9.27. The first-order valence-electron chi connectivity index (χ1n) is 6.78. The molecule has 114 valence electrons. The van der Waals surface area contributed by atoms with Crippen molar-refractivity contribution in [3.05, 3.63) is 0 Å². The molecule has 20 heavy (non-hydrogen) atoms. The van der Waals surface area contributed by atoms with Gasteiger partial charge >= 0.3 is 11.9 Å². The number of carboxylic acid groups (broad SMARTS) is 2. The Morgan fingerprint density at radius 2 is 2.05 bits per heavy atom. The summed E-state index contributed by atoms with van der Waals surface area (Å²) in [6, 6.07) is -1.33. The number of hydrogen-bond acceptors (Lipinski definition) is 4. The summed E-state index contributed by atoms with van der Waals surface area (Å²) in [5, 5.41) is 20.1. The first kappa shape index (κ1) is 16.4. The van der Waals surface area contributed by atoms with Gasteiger partial charge in [-0.15, -0.1) is 0 Å². The standard InChI is InChI=1S/C13H22N2O5/c1-13(7-3-5-9(13)14)12(20)15-8(11(18)19)4-2-6-10(16)17/h8-9H,2-7,14H2,1H3,(H,15,20)(H,16,17)(H,18,19)/t8-,9?,13?/m1/s1. The van der Waals surface area contributed by atoms with Crippen molar-refractivity contribution in [2.24, 2.45) is 11.1 Å². The number of hydrogen-bond donors (Lipinski definition) is 4. The molecule has 0 aromatic heterocycles. The van der Waals surface area contributed by atoms with Gasteiger partial charge in [-0.3, -0.25) is 9.59 Å². The van der Waals surface area contributed by atoms with E-state index in [9.17, 15) is 14.4 Å². The highest BCUT2D eigenvalue weighted by atomic mass is 16.4. The van der Waals surface area contributed by atoms with Gasteiger partial charge in [-0.1, -0.05) is 6.42 Å². The molecule has 0 radical (unpaired) electrons. The SMILES string of the molecule is CC1(C(=O)N[C@H](CCCC(=O)O)C(=O)O)CCCC1N. The maximum Gasteiger partial charge on any atom is 0.326 e. The van der Waals surface area contributed by atoms with E-state index in [-0.39, 0.29) is 31.2 Å². The topological polar surface area (TPSA) is 130 Å². The Morgan fingerprint density at radius 3 is 2.50 bits per heavy atom. The van der Waals surface area contributed by atoms with Crippen LogP contribution in [0.4, 0.5) is 0 Å². The fourth-order valence-corrected chi connectivity index (χ4v) is 2.51. The van der Waals surface area contributed by atoms with Crippen LogP contribution in [0.2, 0.25) is 0 Å². The van der Waals surface area contributed by atoms with Crippen LogP contribution in [-0.2, 0) is 14.4 Å². The molecule has 0 aromatic carbocycles. The molecule has 0 heterocycles. The van der Waals surface area contributed by atoms with Crippen LogP contribution in [0.5, 0.6) is 0 Å². The first-order valence-corrected chi connectivity index (χ1v) is 6.78. The number of rotatable bonds is 7. The number of carboxylic acids is 2. The summed E-state index contributed by atoms with van der Waals surface area (Å²) in [7, 11) is 0. The lowest BCUT2D eigenvalue weighted by atomic mass is 9.84. The predicted octanol–water partition coefficient (Wildman–Crippen LogP) is 0.328. The molecular weight excluding hydrogens is 264 g/mol. The molecule has 0 aromatic rings. The van der Waals surface area contributed by atoms with E-state index in [0.29, 0.717) is 6.42 Å². The second kappa shape index (κ2) is 6.69. The lowest BCUT2D eigenvalue weighted by Crippen LogP contribution is -2.52. The van der Waals surface area contributed by atoms with Crippen LogP contribution in [0.3, 0.4) is 0 Å². The van der Waals surface area contributed by atoms with Gasteiger partial charge < -0.3 is 21.3 Å². The molecule has 1 rings (SSSR count). The molecule has 1 aliphatic carbocycles. The summed E-state index contributed by atoms with van der Waals surface area (Å²) in [5.41, 5.74) is 5.18. The Labute approximate surface area is 117 Å². The number of aliphatic carboxylic acids is 2. The maximum atomic E-state index is 12.2. The molecule has 0 aliphatic heterocycles. The smallest absolute Gasteiger partial charge is 0.326 e. The molecule has 1 fully saturated rings. The van der Waals surface area contributed by atoms with E-state index >= 15 is 0 Å². The zero-order valence-electron chi connectivity index (χ0n) is 11.6. The average molecular weight is 286 g/mol. The highest BCUT2D eigenvalue weighted by Gasteiger charge is 2.43. The largest absolute Gasteiger partial charge is 0.481 e. The molecule has 2 unspecified atom stereocenters. The highest BCUT2D eigenvalue weighted by molar-refractivity contribution is 5.88. The lowest BCUT2D eigenvalue weighted by molar-refractivity contribution is -0.144. The summed E-state index contributed by atoms with van der Waals surface area (Å²) >= 11 is 0. The minimum atomic E-state index is -1.15. The van der Waals surface area contributed by atoms with Crippen LogP contribution >= 0.6 is 0 Å². The van der Waals surface area contributed by atoms with Crippen molar-refractivity contribution in [2.75, 3.05) is 0 Å². The predicted molar refractivity (Wildman–Crippen MR) is 71.0 cm³/mol. The summed E-state index contributed by atoms with van der Waals surface area (Å²) < 4.78 is 0. The minimum absolute atomic E-state index is 0.0959. The monoisotopic (exact) mass is 286 g/mol. The number of amides is 1. The van der Waals surface area contributed by atoms with Crippen LogP contribution < -0.4 is 11.1 Å². The Morgan fingerprint density at radius 1 is 1.40 bits per heavy atom. The Bertz CT molecular complexity index is 398. The summed E-state index contributed by atoms with van der Waals surface area (Å²) in [6.07, 6.45) is 2.43. The van der Waals surface area contributed by atoms with Gasteiger partial charge in [0.05, 0.1) is 5.41 Å². The third-order valence-corrected chi connectivity index (χ3v) is 4.04. The van der Waals surface area contributed by atoms with Crippen LogP contribution in [0, 0.1) is 5.41 Å². The van der Waals surface area contributed by atoms with Gasteiger partial charge in [-0.05, 0) is 32.6 Å². The Kier molecular flexibility index (Phi) is 5.50. The van der Waals surface area contributed by atoms with Gasteiger partial charge in [0.2, 0.25) is 5.91 Å². The van der Waals surface area contributed by atoms with E-state index in [1.54, 1.807) is 6.92 Å². The van der Waals surface area contributed by atoms with Gasteiger partial charge in [0.25, 0.3) is 0 Å². The zero-order chi connectivity index (χ0) is 15.3. The molecule has 7 heteroatoms. The van der Waals surface area contributed by atoms with Gasteiger partial charge in [-0.25, -0.2) is 4.79 Å².